The third kappa shape index (κ3) is 3.05. The van der Waals surface area contributed by atoms with Gasteiger partial charge in [0.15, 0.2) is 0 Å². The second-order valence-electron chi connectivity index (χ2n) is 4.11. The largest absolute Gasteiger partial charge is 0.481 e. The molecule has 1 aromatic rings. The number of carbonyl (C=O) groups is 2. The van der Waals surface area contributed by atoms with Gasteiger partial charge >= 0.3 is 5.97 Å². The Kier molecular flexibility index (Phi) is 3.60. The van der Waals surface area contributed by atoms with E-state index in [2.05, 4.69) is 10.3 Å². The van der Waals surface area contributed by atoms with Crippen LogP contribution >= 0.6 is 0 Å². The van der Waals surface area contributed by atoms with Crippen LogP contribution in [-0.2, 0) is 4.79 Å². The zero-order valence-electron chi connectivity index (χ0n) is 9.23. The minimum absolute atomic E-state index is 0.0868. The molecule has 0 fully saturated rings. The lowest BCUT2D eigenvalue weighted by Crippen LogP contribution is -2.38. The van der Waals surface area contributed by atoms with Gasteiger partial charge in [0, 0.05) is 24.5 Å². The molecule has 0 bridgehead atoms. The first-order valence-corrected chi connectivity index (χ1v) is 4.85. The van der Waals surface area contributed by atoms with Crippen molar-refractivity contribution < 1.29 is 14.7 Å². The van der Waals surface area contributed by atoms with E-state index < -0.39 is 11.4 Å². The summed E-state index contributed by atoms with van der Waals surface area (Å²) in [6, 6.07) is 3.15. The molecular weight excluding hydrogens is 208 g/mol. The highest BCUT2D eigenvalue weighted by atomic mass is 16.4. The van der Waals surface area contributed by atoms with Crippen molar-refractivity contribution in [3.8, 4) is 0 Å². The Hall–Kier alpha value is -1.91. The Morgan fingerprint density at radius 3 is 2.44 bits per heavy atom. The molecule has 0 aromatic carbocycles. The van der Waals surface area contributed by atoms with E-state index >= 15 is 0 Å². The smallest absolute Gasteiger partial charge is 0.310 e. The molecule has 1 aromatic heterocycles. The minimum atomic E-state index is -0.970. The number of hydrogen-bond acceptors (Lipinski definition) is 3. The molecule has 1 heterocycles. The third-order valence-corrected chi connectivity index (χ3v) is 2.21. The summed E-state index contributed by atoms with van der Waals surface area (Å²) < 4.78 is 0. The Morgan fingerprint density at radius 2 is 1.94 bits per heavy atom. The lowest BCUT2D eigenvalue weighted by molar-refractivity contribution is -0.146. The van der Waals surface area contributed by atoms with Crippen LogP contribution in [-0.4, -0.2) is 28.5 Å². The number of hydrogen-bond donors (Lipinski definition) is 2. The number of carbonyl (C=O) groups excluding carboxylic acids is 1. The number of aliphatic carboxylic acids is 1. The fourth-order valence-corrected chi connectivity index (χ4v) is 0.982. The molecule has 5 heteroatoms. The molecule has 5 nitrogen and oxygen atoms in total. The molecule has 0 saturated heterocycles. The average Bonchev–Trinajstić information content (AvgIpc) is 2.27. The zero-order valence-corrected chi connectivity index (χ0v) is 9.23. The van der Waals surface area contributed by atoms with E-state index in [-0.39, 0.29) is 12.5 Å². The van der Waals surface area contributed by atoms with Gasteiger partial charge in [-0.15, -0.1) is 0 Å². The normalized spacial score (nSPS) is 10.9. The van der Waals surface area contributed by atoms with Gasteiger partial charge < -0.3 is 10.4 Å². The lowest BCUT2D eigenvalue weighted by atomic mass is 9.94. The first kappa shape index (κ1) is 12.2. The van der Waals surface area contributed by atoms with E-state index in [1.54, 1.807) is 26.0 Å². The summed E-state index contributed by atoms with van der Waals surface area (Å²) in [5.41, 5.74) is -0.501. The number of carboxylic acids is 1. The van der Waals surface area contributed by atoms with Gasteiger partial charge in [-0.2, -0.15) is 0 Å². The van der Waals surface area contributed by atoms with Gasteiger partial charge in [-0.05, 0) is 26.0 Å². The van der Waals surface area contributed by atoms with Gasteiger partial charge in [-0.1, -0.05) is 0 Å². The topological polar surface area (TPSA) is 79.3 Å². The highest BCUT2D eigenvalue weighted by molar-refractivity contribution is 5.94. The van der Waals surface area contributed by atoms with Crippen LogP contribution in [0.25, 0.3) is 0 Å². The molecule has 2 N–H and O–H groups in total. The maximum atomic E-state index is 11.6. The van der Waals surface area contributed by atoms with E-state index in [9.17, 15) is 9.59 Å². The molecule has 16 heavy (non-hydrogen) atoms. The van der Waals surface area contributed by atoms with Gasteiger partial charge in [-0.25, -0.2) is 0 Å². The summed E-state index contributed by atoms with van der Waals surface area (Å²) in [6.07, 6.45) is 3.02. The molecule has 0 aliphatic heterocycles. The number of nitrogens with one attached hydrogen (secondary N) is 1. The molecule has 1 amide bonds. The number of carboxylic acid groups (broad SMARTS) is 1. The van der Waals surface area contributed by atoms with Crippen LogP contribution in [0.4, 0.5) is 0 Å². The van der Waals surface area contributed by atoms with Crippen LogP contribution < -0.4 is 5.32 Å². The van der Waals surface area contributed by atoms with E-state index in [4.69, 9.17) is 5.11 Å². The van der Waals surface area contributed by atoms with Crippen molar-refractivity contribution in [2.75, 3.05) is 6.54 Å². The molecule has 0 aliphatic rings. The summed E-state index contributed by atoms with van der Waals surface area (Å²) >= 11 is 0. The average molecular weight is 222 g/mol. The number of rotatable bonds is 4. The molecule has 0 atom stereocenters. The quantitative estimate of drug-likeness (QED) is 0.794. The van der Waals surface area contributed by atoms with Crippen LogP contribution in [0.1, 0.15) is 24.2 Å². The van der Waals surface area contributed by atoms with Gasteiger partial charge in [0.2, 0.25) is 0 Å². The molecule has 0 unspecified atom stereocenters. The van der Waals surface area contributed by atoms with Crippen molar-refractivity contribution in [2.24, 2.45) is 5.41 Å². The van der Waals surface area contributed by atoms with E-state index in [0.29, 0.717) is 5.56 Å². The van der Waals surface area contributed by atoms with E-state index in [1.165, 1.54) is 12.4 Å². The van der Waals surface area contributed by atoms with Crippen molar-refractivity contribution >= 4 is 11.9 Å². The van der Waals surface area contributed by atoms with E-state index in [0.717, 1.165) is 0 Å². The molecular formula is C11H14N2O3. The third-order valence-electron chi connectivity index (χ3n) is 2.21. The number of nitrogens with zero attached hydrogens (tertiary/aromatic N) is 1. The Balaban J connectivity index is 2.58. The number of aromatic nitrogens is 1. The van der Waals surface area contributed by atoms with Crippen molar-refractivity contribution in [3.63, 3.8) is 0 Å². The van der Waals surface area contributed by atoms with Crippen LogP contribution in [0, 0.1) is 5.41 Å². The van der Waals surface area contributed by atoms with Crippen LogP contribution in [0.15, 0.2) is 24.5 Å². The summed E-state index contributed by atoms with van der Waals surface area (Å²) in [6.45, 7) is 3.20. The van der Waals surface area contributed by atoms with Crippen molar-refractivity contribution in [3.05, 3.63) is 30.1 Å². The second-order valence-corrected chi connectivity index (χ2v) is 4.11. The monoisotopic (exact) mass is 222 g/mol. The molecule has 0 saturated carbocycles. The highest BCUT2D eigenvalue weighted by Crippen LogP contribution is 2.13. The Labute approximate surface area is 93.5 Å². The molecule has 1 rings (SSSR count). The van der Waals surface area contributed by atoms with Crippen LogP contribution in [0.3, 0.4) is 0 Å². The lowest BCUT2D eigenvalue weighted by Gasteiger charge is -2.19. The Morgan fingerprint density at radius 1 is 1.38 bits per heavy atom. The fourth-order valence-electron chi connectivity index (χ4n) is 0.982. The SMILES string of the molecule is CC(C)(CNC(=O)c1ccncc1)C(=O)O. The van der Waals surface area contributed by atoms with Crippen molar-refractivity contribution in [1.29, 1.82) is 0 Å². The zero-order chi connectivity index (χ0) is 12.2. The van der Waals surface area contributed by atoms with E-state index in [1.807, 2.05) is 0 Å². The van der Waals surface area contributed by atoms with Crippen LogP contribution in [0.5, 0.6) is 0 Å². The van der Waals surface area contributed by atoms with Gasteiger partial charge in [0.25, 0.3) is 5.91 Å². The molecule has 0 aliphatic carbocycles. The maximum absolute atomic E-state index is 11.6. The first-order valence-electron chi connectivity index (χ1n) is 4.85. The predicted molar refractivity (Wildman–Crippen MR) is 58.0 cm³/mol. The molecule has 0 radical (unpaired) electrons. The maximum Gasteiger partial charge on any atom is 0.310 e. The van der Waals surface area contributed by atoms with Crippen LogP contribution in [0.2, 0.25) is 0 Å². The summed E-state index contributed by atoms with van der Waals surface area (Å²) in [5, 5.41) is 11.4. The first-order chi connectivity index (χ1) is 7.43. The van der Waals surface area contributed by atoms with Gasteiger partial charge in [-0.3, -0.25) is 14.6 Å². The van der Waals surface area contributed by atoms with Gasteiger partial charge in [0.05, 0.1) is 5.41 Å². The van der Waals surface area contributed by atoms with Crippen molar-refractivity contribution in [1.82, 2.24) is 10.3 Å². The van der Waals surface area contributed by atoms with Gasteiger partial charge in [0.1, 0.15) is 0 Å². The summed E-state index contributed by atoms with van der Waals surface area (Å²) in [7, 11) is 0. The van der Waals surface area contributed by atoms with Crippen molar-refractivity contribution in [2.45, 2.75) is 13.8 Å². The standard InChI is InChI=1S/C11H14N2O3/c1-11(2,10(15)16)7-13-9(14)8-3-5-12-6-4-8/h3-6H,7H2,1-2H3,(H,13,14)(H,15,16). The summed E-state index contributed by atoms with van der Waals surface area (Å²) in [4.78, 5) is 26.2. The Bertz CT molecular complexity index is 387. The summed E-state index contributed by atoms with van der Waals surface area (Å²) in [5.74, 6) is -1.24. The highest BCUT2D eigenvalue weighted by Gasteiger charge is 2.27. The number of amides is 1. The predicted octanol–water partition coefficient (Wildman–Crippen LogP) is 0.922. The molecule has 0 spiro atoms. The minimum Gasteiger partial charge on any atom is -0.481 e. The number of pyridine rings is 1. The fraction of sp³-hybridized carbons (Fsp3) is 0.364. The second kappa shape index (κ2) is 4.74. The molecule has 86 valence electrons.